The summed E-state index contributed by atoms with van der Waals surface area (Å²) in [5.41, 5.74) is 4.88. The SMILES string of the molecule is CCOC(=O)C1=C(c2ccccc2)N=c2s/c(=C\c3ccc(OCc4ccc(F)cc4)c(Br)c3)c(=O)n2[C@@H]1c1ccc(C(C)C)cc1. The maximum absolute atomic E-state index is 14.2. The van der Waals surface area contributed by atoms with E-state index < -0.39 is 12.0 Å². The van der Waals surface area contributed by atoms with Crippen molar-refractivity contribution in [3.8, 4) is 5.75 Å². The van der Waals surface area contributed by atoms with E-state index in [1.807, 2.05) is 78.9 Å². The Balaban J connectivity index is 1.45. The van der Waals surface area contributed by atoms with Gasteiger partial charge in [-0.1, -0.05) is 98.0 Å². The summed E-state index contributed by atoms with van der Waals surface area (Å²) in [6.45, 7) is 6.48. The van der Waals surface area contributed by atoms with E-state index in [4.69, 9.17) is 14.5 Å². The second-order valence-electron chi connectivity index (χ2n) is 11.4. The zero-order chi connectivity index (χ0) is 33.1. The number of hydrogen-bond donors (Lipinski definition) is 0. The van der Waals surface area contributed by atoms with Crippen LogP contribution in [0.3, 0.4) is 0 Å². The minimum absolute atomic E-state index is 0.187. The molecule has 6 rings (SSSR count). The lowest BCUT2D eigenvalue weighted by molar-refractivity contribution is -0.138. The number of thiazole rings is 1. The molecule has 0 bridgehead atoms. The predicted molar refractivity (Wildman–Crippen MR) is 186 cm³/mol. The number of nitrogens with zero attached hydrogens (tertiary/aromatic N) is 2. The lowest BCUT2D eigenvalue weighted by atomic mass is 9.91. The maximum atomic E-state index is 14.2. The first kappa shape index (κ1) is 32.3. The van der Waals surface area contributed by atoms with E-state index >= 15 is 0 Å². The van der Waals surface area contributed by atoms with Crippen LogP contribution in [0.25, 0.3) is 11.8 Å². The molecule has 0 amide bonds. The molecule has 0 unspecified atom stereocenters. The van der Waals surface area contributed by atoms with Crippen LogP contribution in [0.1, 0.15) is 60.5 Å². The van der Waals surface area contributed by atoms with E-state index in [2.05, 4.69) is 29.8 Å². The summed E-state index contributed by atoms with van der Waals surface area (Å²) in [6, 6.07) is 28.5. The van der Waals surface area contributed by atoms with Gasteiger partial charge in [0.25, 0.3) is 5.56 Å². The van der Waals surface area contributed by atoms with Gasteiger partial charge < -0.3 is 9.47 Å². The van der Waals surface area contributed by atoms with Gasteiger partial charge in [-0.25, -0.2) is 14.2 Å². The van der Waals surface area contributed by atoms with Crippen LogP contribution < -0.4 is 19.6 Å². The topological polar surface area (TPSA) is 69.9 Å². The molecule has 9 heteroatoms. The van der Waals surface area contributed by atoms with Crippen LogP contribution in [0.5, 0.6) is 5.75 Å². The van der Waals surface area contributed by atoms with Gasteiger partial charge in [0, 0.05) is 5.56 Å². The Bertz CT molecular complexity index is 2140. The summed E-state index contributed by atoms with van der Waals surface area (Å²) in [5, 5.41) is 0. The van der Waals surface area contributed by atoms with Gasteiger partial charge in [-0.3, -0.25) is 9.36 Å². The number of carbonyl (C=O) groups is 1. The molecule has 6 nitrogen and oxygen atoms in total. The number of hydrogen-bond acceptors (Lipinski definition) is 6. The Kier molecular flexibility index (Phi) is 9.66. The van der Waals surface area contributed by atoms with Gasteiger partial charge in [-0.05, 0) is 81.4 Å². The summed E-state index contributed by atoms with van der Waals surface area (Å²) >= 11 is 4.86. The minimum atomic E-state index is -0.738. The Hall–Kier alpha value is -4.60. The number of halogens is 2. The third kappa shape index (κ3) is 6.92. The van der Waals surface area contributed by atoms with E-state index in [9.17, 15) is 14.0 Å². The molecule has 2 heterocycles. The molecule has 1 aromatic heterocycles. The largest absolute Gasteiger partial charge is 0.488 e. The maximum Gasteiger partial charge on any atom is 0.338 e. The Labute approximate surface area is 284 Å². The second-order valence-corrected chi connectivity index (χ2v) is 13.2. The highest BCUT2D eigenvalue weighted by molar-refractivity contribution is 9.10. The zero-order valence-electron chi connectivity index (χ0n) is 26.1. The third-order valence-electron chi connectivity index (χ3n) is 7.85. The Morgan fingerprint density at radius 1 is 1.02 bits per heavy atom. The molecule has 0 fully saturated rings. The van der Waals surface area contributed by atoms with Gasteiger partial charge in [0.15, 0.2) is 4.80 Å². The van der Waals surface area contributed by atoms with Crippen LogP contribution in [-0.2, 0) is 16.1 Å². The van der Waals surface area contributed by atoms with Gasteiger partial charge in [-0.15, -0.1) is 0 Å². The number of benzene rings is 4. The molecular formula is C38H32BrFN2O4S. The quantitative estimate of drug-likeness (QED) is 0.148. The molecule has 0 saturated heterocycles. The Morgan fingerprint density at radius 2 is 1.74 bits per heavy atom. The molecule has 5 aromatic rings. The van der Waals surface area contributed by atoms with Gasteiger partial charge in [0.2, 0.25) is 0 Å². The van der Waals surface area contributed by atoms with Crippen molar-refractivity contribution in [2.45, 2.75) is 39.3 Å². The van der Waals surface area contributed by atoms with Gasteiger partial charge in [0.05, 0.1) is 32.9 Å². The van der Waals surface area contributed by atoms with Crippen LogP contribution in [0.15, 0.2) is 117 Å². The molecule has 0 spiro atoms. The fraction of sp³-hybridized carbons (Fsp3) is 0.184. The summed E-state index contributed by atoms with van der Waals surface area (Å²) in [7, 11) is 0. The van der Waals surface area contributed by atoms with Crippen molar-refractivity contribution >= 4 is 45.0 Å². The first-order valence-electron chi connectivity index (χ1n) is 15.3. The van der Waals surface area contributed by atoms with Crippen LogP contribution >= 0.6 is 27.3 Å². The summed E-state index contributed by atoms with van der Waals surface area (Å²) in [5.74, 6) is 0.130. The summed E-state index contributed by atoms with van der Waals surface area (Å²) < 4.78 is 27.6. The number of fused-ring (bicyclic) bond motifs is 1. The van der Waals surface area contributed by atoms with E-state index in [0.717, 1.165) is 27.8 Å². The highest BCUT2D eigenvalue weighted by Crippen LogP contribution is 2.36. The number of carbonyl (C=O) groups excluding carboxylic acids is 1. The standard InChI is InChI=1S/C38H32BrFN2O4S/c1-4-45-37(44)33-34(27-8-6-5-7-9-27)41-38-42(35(33)28-15-13-26(14-16-28)23(2)3)36(43)32(47-38)21-25-12-19-31(30(39)20-25)46-22-24-10-17-29(40)18-11-24/h5-21,23,35H,4,22H2,1-3H3/b32-21-/t35-/m1/s1. The number of rotatable bonds is 9. The molecule has 47 heavy (non-hydrogen) atoms. The van der Waals surface area contributed by atoms with Gasteiger partial charge in [-0.2, -0.15) is 0 Å². The first-order chi connectivity index (χ1) is 22.7. The monoisotopic (exact) mass is 710 g/mol. The molecule has 0 aliphatic carbocycles. The lowest BCUT2D eigenvalue weighted by Crippen LogP contribution is -2.40. The number of ether oxygens (including phenoxy) is 2. The second kappa shape index (κ2) is 14.0. The average Bonchev–Trinajstić information content (AvgIpc) is 3.38. The summed E-state index contributed by atoms with van der Waals surface area (Å²) in [6.07, 6.45) is 1.81. The predicted octanol–water partition coefficient (Wildman–Crippen LogP) is 7.54. The molecule has 4 aromatic carbocycles. The molecule has 1 aliphatic rings. The minimum Gasteiger partial charge on any atom is -0.488 e. The van der Waals surface area contributed by atoms with Crippen molar-refractivity contribution in [2.24, 2.45) is 4.99 Å². The molecule has 1 aliphatic heterocycles. The molecule has 238 valence electrons. The van der Waals surface area contributed by atoms with Crippen LogP contribution in [0, 0.1) is 5.82 Å². The first-order valence-corrected chi connectivity index (χ1v) is 16.9. The van der Waals surface area contributed by atoms with Gasteiger partial charge >= 0.3 is 5.97 Å². The summed E-state index contributed by atoms with van der Waals surface area (Å²) in [4.78, 5) is 33.3. The van der Waals surface area contributed by atoms with Gasteiger partial charge in [0.1, 0.15) is 18.2 Å². The van der Waals surface area contributed by atoms with Crippen molar-refractivity contribution in [3.63, 3.8) is 0 Å². The average molecular weight is 712 g/mol. The number of aromatic nitrogens is 1. The number of esters is 1. The highest BCUT2D eigenvalue weighted by Gasteiger charge is 2.35. The highest BCUT2D eigenvalue weighted by atomic mass is 79.9. The van der Waals surface area contributed by atoms with Crippen molar-refractivity contribution in [2.75, 3.05) is 6.61 Å². The normalized spacial score (nSPS) is 14.6. The van der Waals surface area contributed by atoms with Crippen LogP contribution in [-0.4, -0.2) is 17.1 Å². The molecule has 0 saturated carbocycles. The van der Waals surface area contributed by atoms with Crippen molar-refractivity contribution in [3.05, 3.63) is 160 Å². The molecule has 0 N–H and O–H groups in total. The third-order valence-corrected chi connectivity index (χ3v) is 9.46. The van der Waals surface area contributed by atoms with E-state index in [1.165, 1.54) is 23.5 Å². The molecule has 0 radical (unpaired) electrons. The van der Waals surface area contributed by atoms with Crippen LogP contribution in [0.2, 0.25) is 0 Å². The zero-order valence-corrected chi connectivity index (χ0v) is 28.5. The Morgan fingerprint density at radius 3 is 2.40 bits per heavy atom. The fourth-order valence-electron chi connectivity index (χ4n) is 5.44. The van der Waals surface area contributed by atoms with Crippen molar-refractivity contribution in [1.82, 2.24) is 4.57 Å². The van der Waals surface area contributed by atoms with Crippen molar-refractivity contribution in [1.29, 1.82) is 0 Å². The van der Waals surface area contributed by atoms with Crippen molar-refractivity contribution < 1.29 is 18.7 Å². The molecule has 1 atom stereocenters. The van der Waals surface area contributed by atoms with E-state index in [1.54, 1.807) is 23.6 Å². The lowest BCUT2D eigenvalue weighted by Gasteiger charge is -2.26. The van der Waals surface area contributed by atoms with E-state index in [-0.39, 0.29) is 24.6 Å². The molecular weight excluding hydrogens is 679 g/mol. The van der Waals surface area contributed by atoms with Crippen LogP contribution in [0.4, 0.5) is 4.39 Å². The van der Waals surface area contributed by atoms with E-state index in [0.29, 0.717) is 36.7 Å². The smallest absolute Gasteiger partial charge is 0.338 e. The fourth-order valence-corrected chi connectivity index (χ4v) is 6.95.